The van der Waals surface area contributed by atoms with Gasteiger partial charge in [0.25, 0.3) is 0 Å². The van der Waals surface area contributed by atoms with Gasteiger partial charge in [-0.25, -0.2) is 0 Å². The van der Waals surface area contributed by atoms with Crippen LogP contribution in [0.4, 0.5) is 0 Å². The molecule has 1 aliphatic heterocycles. The first kappa shape index (κ1) is 24.1. The Balaban J connectivity index is 1.96. The van der Waals surface area contributed by atoms with E-state index in [1.54, 1.807) is 0 Å². The minimum Gasteiger partial charge on any atom is -0.469 e. The van der Waals surface area contributed by atoms with Crippen LogP contribution in [0.25, 0.3) is 0 Å². The standard InChI is InChI=1S/C27H48O3/c1-8-17(2)13-14-27(24-12-10-9-11-18(24)3)19(4)15-22-23(20(27)5)16-30-21(6)25(22)26(28)29-7/h17-25H,8-16H2,1-7H3/t17?,18?,19-,20-,21+,22+,23-,24?,25-,27?/m0/s1. The van der Waals surface area contributed by atoms with E-state index in [0.717, 1.165) is 30.8 Å². The van der Waals surface area contributed by atoms with E-state index in [1.165, 1.54) is 52.1 Å². The van der Waals surface area contributed by atoms with Gasteiger partial charge in [-0.1, -0.05) is 66.7 Å². The molecule has 0 bridgehead atoms. The Morgan fingerprint density at radius 1 is 1.13 bits per heavy atom. The monoisotopic (exact) mass is 420 g/mol. The molecular formula is C27H48O3. The Labute approximate surface area is 186 Å². The number of carbonyl (C=O) groups excluding carboxylic acids is 1. The Kier molecular flexibility index (Phi) is 7.96. The highest BCUT2D eigenvalue weighted by Crippen LogP contribution is 2.63. The van der Waals surface area contributed by atoms with Crippen molar-refractivity contribution < 1.29 is 14.3 Å². The maximum absolute atomic E-state index is 12.7. The van der Waals surface area contributed by atoms with E-state index in [-0.39, 0.29) is 18.0 Å². The zero-order valence-electron chi connectivity index (χ0n) is 20.8. The zero-order chi connectivity index (χ0) is 22.1. The lowest BCUT2D eigenvalue weighted by Gasteiger charge is -2.62. The normalized spacial score (nSPS) is 45.4. The molecule has 0 spiro atoms. The van der Waals surface area contributed by atoms with E-state index in [9.17, 15) is 4.79 Å². The lowest BCUT2D eigenvalue weighted by atomic mass is 9.44. The van der Waals surface area contributed by atoms with Crippen molar-refractivity contribution in [3.8, 4) is 0 Å². The molecule has 1 saturated heterocycles. The first-order chi connectivity index (χ1) is 14.3. The van der Waals surface area contributed by atoms with Gasteiger partial charge in [0, 0.05) is 0 Å². The Morgan fingerprint density at radius 2 is 1.83 bits per heavy atom. The SMILES string of the molecule is CCC(C)CCC1(C2CCCCC2C)[C@@H](C)C[C@@H]2[C@@H](CO[C@H](C)[C@@H]2C(=O)OC)[C@@H]1C. The summed E-state index contributed by atoms with van der Waals surface area (Å²) in [7, 11) is 1.54. The lowest BCUT2D eigenvalue weighted by molar-refractivity contribution is -0.197. The third-order valence-electron chi connectivity index (χ3n) is 10.1. The molecule has 3 heteroatoms. The summed E-state index contributed by atoms with van der Waals surface area (Å²) in [5.74, 6) is 4.40. The minimum absolute atomic E-state index is 0.0284. The summed E-state index contributed by atoms with van der Waals surface area (Å²) in [5, 5.41) is 0. The molecule has 1 heterocycles. The van der Waals surface area contributed by atoms with Gasteiger partial charge in [0.15, 0.2) is 0 Å². The van der Waals surface area contributed by atoms with Crippen molar-refractivity contribution in [2.24, 2.45) is 52.8 Å². The van der Waals surface area contributed by atoms with E-state index >= 15 is 0 Å². The zero-order valence-corrected chi connectivity index (χ0v) is 20.8. The number of rotatable bonds is 6. The number of fused-ring (bicyclic) bond motifs is 1. The molecule has 0 aromatic carbocycles. The summed E-state index contributed by atoms with van der Waals surface area (Å²) >= 11 is 0. The first-order valence-corrected chi connectivity index (χ1v) is 13.0. The van der Waals surface area contributed by atoms with Crippen LogP contribution in [-0.2, 0) is 14.3 Å². The van der Waals surface area contributed by atoms with Crippen LogP contribution in [0.3, 0.4) is 0 Å². The van der Waals surface area contributed by atoms with Crippen LogP contribution >= 0.6 is 0 Å². The fourth-order valence-electron chi connectivity index (χ4n) is 8.10. The lowest BCUT2D eigenvalue weighted by Crippen LogP contribution is -2.59. The largest absolute Gasteiger partial charge is 0.469 e. The van der Waals surface area contributed by atoms with Crippen molar-refractivity contribution in [3.63, 3.8) is 0 Å². The van der Waals surface area contributed by atoms with Crippen molar-refractivity contribution in [1.82, 2.24) is 0 Å². The number of hydrogen-bond donors (Lipinski definition) is 0. The molecule has 174 valence electrons. The minimum atomic E-state index is -0.102. The van der Waals surface area contributed by atoms with Gasteiger partial charge in [0.05, 0.1) is 25.7 Å². The van der Waals surface area contributed by atoms with Crippen molar-refractivity contribution in [2.75, 3.05) is 13.7 Å². The molecule has 0 aromatic heterocycles. The van der Waals surface area contributed by atoms with Gasteiger partial charge < -0.3 is 9.47 Å². The number of ether oxygens (including phenoxy) is 2. The molecule has 3 nitrogen and oxygen atoms in total. The van der Waals surface area contributed by atoms with E-state index < -0.39 is 0 Å². The molecule has 3 aliphatic rings. The van der Waals surface area contributed by atoms with Crippen LogP contribution in [0.5, 0.6) is 0 Å². The fraction of sp³-hybridized carbons (Fsp3) is 0.963. The molecule has 2 aliphatic carbocycles. The first-order valence-electron chi connectivity index (χ1n) is 13.0. The average molecular weight is 421 g/mol. The van der Waals surface area contributed by atoms with Gasteiger partial charge >= 0.3 is 5.97 Å². The van der Waals surface area contributed by atoms with Crippen LogP contribution in [0.15, 0.2) is 0 Å². The molecule has 0 radical (unpaired) electrons. The summed E-state index contributed by atoms with van der Waals surface area (Å²) in [6.07, 6.45) is 10.7. The van der Waals surface area contributed by atoms with Gasteiger partial charge in [0.1, 0.15) is 0 Å². The summed E-state index contributed by atoms with van der Waals surface area (Å²) in [5.41, 5.74) is 0.384. The quantitative estimate of drug-likeness (QED) is 0.446. The third kappa shape index (κ3) is 4.21. The summed E-state index contributed by atoms with van der Waals surface area (Å²) in [6, 6.07) is 0. The molecule has 3 fully saturated rings. The van der Waals surface area contributed by atoms with Crippen molar-refractivity contribution in [2.45, 2.75) is 99.0 Å². The maximum atomic E-state index is 12.7. The molecule has 0 aromatic rings. The molecule has 10 atom stereocenters. The topological polar surface area (TPSA) is 35.5 Å². The van der Waals surface area contributed by atoms with E-state index in [4.69, 9.17) is 9.47 Å². The van der Waals surface area contributed by atoms with Crippen LogP contribution in [-0.4, -0.2) is 25.8 Å². The fourth-order valence-corrected chi connectivity index (χ4v) is 8.10. The van der Waals surface area contributed by atoms with Gasteiger partial charge in [0.2, 0.25) is 0 Å². The third-order valence-corrected chi connectivity index (χ3v) is 10.1. The van der Waals surface area contributed by atoms with Crippen LogP contribution in [0, 0.1) is 52.8 Å². The second-order valence-electron chi connectivity index (χ2n) is 11.4. The molecule has 4 unspecified atom stereocenters. The van der Waals surface area contributed by atoms with E-state index in [2.05, 4.69) is 41.5 Å². The molecule has 2 saturated carbocycles. The summed E-state index contributed by atoms with van der Waals surface area (Å²) in [6.45, 7) is 15.2. The van der Waals surface area contributed by atoms with Crippen molar-refractivity contribution in [3.05, 3.63) is 0 Å². The maximum Gasteiger partial charge on any atom is 0.311 e. The van der Waals surface area contributed by atoms with Gasteiger partial charge in [-0.05, 0) is 73.0 Å². The van der Waals surface area contributed by atoms with Crippen molar-refractivity contribution >= 4 is 5.97 Å². The molecular weight excluding hydrogens is 372 g/mol. The Bertz CT molecular complexity index is 574. The molecule has 3 rings (SSSR count). The average Bonchev–Trinajstić information content (AvgIpc) is 2.73. The van der Waals surface area contributed by atoms with E-state index in [0.29, 0.717) is 29.1 Å². The number of carbonyl (C=O) groups is 1. The smallest absolute Gasteiger partial charge is 0.311 e. The highest BCUT2D eigenvalue weighted by molar-refractivity contribution is 5.73. The Hall–Kier alpha value is -0.570. The van der Waals surface area contributed by atoms with Gasteiger partial charge in [-0.15, -0.1) is 0 Å². The van der Waals surface area contributed by atoms with E-state index in [1.807, 2.05) is 0 Å². The van der Waals surface area contributed by atoms with Crippen LogP contribution < -0.4 is 0 Å². The highest BCUT2D eigenvalue weighted by Gasteiger charge is 2.59. The summed E-state index contributed by atoms with van der Waals surface area (Å²) in [4.78, 5) is 12.7. The molecule has 0 N–H and O–H groups in total. The number of methoxy groups -OCH3 is 1. The van der Waals surface area contributed by atoms with Gasteiger partial charge in [-0.3, -0.25) is 4.79 Å². The van der Waals surface area contributed by atoms with Gasteiger partial charge in [-0.2, -0.15) is 0 Å². The summed E-state index contributed by atoms with van der Waals surface area (Å²) < 4.78 is 11.5. The number of hydrogen-bond acceptors (Lipinski definition) is 3. The predicted molar refractivity (Wildman–Crippen MR) is 123 cm³/mol. The van der Waals surface area contributed by atoms with Crippen LogP contribution in [0.1, 0.15) is 92.9 Å². The van der Waals surface area contributed by atoms with Crippen molar-refractivity contribution in [1.29, 1.82) is 0 Å². The molecule has 0 amide bonds. The second kappa shape index (κ2) is 9.92. The second-order valence-corrected chi connectivity index (χ2v) is 11.4. The Morgan fingerprint density at radius 3 is 2.47 bits per heavy atom. The van der Waals surface area contributed by atoms with Crippen LogP contribution in [0.2, 0.25) is 0 Å². The number of esters is 1. The predicted octanol–water partition coefficient (Wildman–Crippen LogP) is 6.74. The molecule has 30 heavy (non-hydrogen) atoms. The highest BCUT2D eigenvalue weighted by atomic mass is 16.5.